The van der Waals surface area contributed by atoms with Crippen molar-refractivity contribution in [2.45, 2.75) is 32.5 Å². The Morgan fingerprint density at radius 2 is 1.86 bits per heavy atom. The third kappa shape index (κ3) is 5.33. The first-order valence-corrected chi connectivity index (χ1v) is 11.7. The third-order valence-electron chi connectivity index (χ3n) is 5.17. The van der Waals surface area contributed by atoms with E-state index < -0.39 is 52.5 Å². The molecule has 0 bridgehead atoms. The second kappa shape index (κ2) is 10.1. The highest BCUT2D eigenvalue weighted by Gasteiger charge is 2.39. The molecule has 1 amide bonds. The summed E-state index contributed by atoms with van der Waals surface area (Å²) in [4.78, 5) is 54.4. The molecule has 9 nitrogen and oxygen atoms in total. The molecule has 1 aliphatic rings. The highest BCUT2D eigenvalue weighted by atomic mass is 35.5. The smallest absolute Gasteiger partial charge is 0.431 e. The van der Waals surface area contributed by atoms with Gasteiger partial charge in [0.2, 0.25) is 5.91 Å². The lowest BCUT2D eigenvalue weighted by atomic mass is 10.0. The van der Waals surface area contributed by atoms with Gasteiger partial charge in [0.25, 0.3) is 5.56 Å². The molecule has 1 aromatic carbocycles. The molecule has 194 valence electrons. The second-order valence-electron chi connectivity index (χ2n) is 8.23. The Hall–Kier alpha value is -3.13. The van der Waals surface area contributed by atoms with Gasteiger partial charge in [-0.1, -0.05) is 37.2 Å². The number of carboxylic acid groups (broad SMARTS) is 1. The fourth-order valence-electron chi connectivity index (χ4n) is 3.53. The Kier molecular flexibility index (Phi) is 7.69. The van der Waals surface area contributed by atoms with Crippen LogP contribution in [-0.2, 0) is 22.8 Å². The molecule has 0 aliphatic carbocycles. The van der Waals surface area contributed by atoms with Crippen LogP contribution in [-0.4, -0.2) is 48.0 Å². The number of alkyl halides is 3. The summed E-state index contributed by atoms with van der Waals surface area (Å²) in [6.07, 6.45) is -4.89. The highest BCUT2D eigenvalue weighted by Crippen LogP contribution is 2.34. The Bertz CT molecular complexity index is 1390. The number of halogens is 5. The number of carbonyl (C=O) groups is 2. The van der Waals surface area contributed by atoms with Gasteiger partial charge in [-0.25, -0.2) is 23.5 Å². The van der Waals surface area contributed by atoms with Gasteiger partial charge in [0.15, 0.2) is 5.17 Å². The van der Waals surface area contributed by atoms with Crippen molar-refractivity contribution in [2.24, 2.45) is 18.0 Å². The summed E-state index contributed by atoms with van der Waals surface area (Å²) in [5.41, 5.74) is -5.40. The van der Waals surface area contributed by atoms with E-state index in [0.29, 0.717) is 6.07 Å². The lowest BCUT2D eigenvalue weighted by Gasteiger charge is -2.25. The molecule has 0 saturated carbocycles. The number of benzene rings is 1. The molecule has 36 heavy (non-hydrogen) atoms. The molecule has 3 rings (SSSR count). The van der Waals surface area contributed by atoms with Crippen LogP contribution in [0.2, 0.25) is 5.02 Å². The molecule has 15 heteroatoms. The van der Waals surface area contributed by atoms with E-state index in [-0.39, 0.29) is 49.2 Å². The summed E-state index contributed by atoms with van der Waals surface area (Å²) in [6, 6.07) is 0.474. The summed E-state index contributed by atoms with van der Waals surface area (Å²) in [6.45, 7) is 3.54. The van der Waals surface area contributed by atoms with E-state index in [1.807, 2.05) is 0 Å². The number of nitrogens with zero attached hydrogens (tertiary/aromatic N) is 4. The first-order valence-electron chi connectivity index (χ1n) is 10.3. The van der Waals surface area contributed by atoms with E-state index in [4.69, 9.17) is 11.6 Å². The molecule has 0 spiro atoms. The lowest BCUT2D eigenvalue weighted by molar-refractivity contribution is -0.146. The van der Waals surface area contributed by atoms with Gasteiger partial charge >= 0.3 is 17.8 Å². The molecule has 2 aromatic rings. The minimum atomic E-state index is -5.01. The number of aliphatic carboxylic acids is 1. The Morgan fingerprint density at radius 1 is 1.22 bits per heavy atom. The highest BCUT2D eigenvalue weighted by molar-refractivity contribution is 8.15. The van der Waals surface area contributed by atoms with Gasteiger partial charge in [0.05, 0.1) is 22.2 Å². The summed E-state index contributed by atoms with van der Waals surface area (Å²) in [5, 5.41) is 9.28. The number of aromatic nitrogens is 2. The summed E-state index contributed by atoms with van der Waals surface area (Å²) in [5.74, 6) is -3.20. The van der Waals surface area contributed by atoms with Crippen LogP contribution in [0.3, 0.4) is 0 Å². The van der Waals surface area contributed by atoms with Gasteiger partial charge in [-0.05, 0) is 24.5 Å². The van der Waals surface area contributed by atoms with Crippen molar-refractivity contribution in [3.8, 4) is 5.69 Å². The number of hydrogen-bond donors (Lipinski definition) is 1. The first-order chi connectivity index (χ1) is 16.6. The number of amidine groups is 1. The molecule has 1 saturated heterocycles. The monoisotopic (exact) mass is 550 g/mol. The summed E-state index contributed by atoms with van der Waals surface area (Å²) in [7, 11) is 0.773. The molecule has 0 radical (unpaired) electrons. The molecule has 1 aromatic heterocycles. The number of hydrogen-bond acceptors (Lipinski definition) is 6. The predicted octanol–water partition coefficient (Wildman–Crippen LogP) is 3.41. The van der Waals surface area contributed by atoms with Crippen molar-refractivity contribution in [1.29, 1.82) is 0 Å². The SMILES string of the molecule is CC(C)CC(C(=O)O)N1C(=O)CS/C1=N\c1cc(-n2c(=O)cc(C(F)(F)F)n(C)c2=O)c(F)cc1Cl. The van der Waals surface area contributed by atoms with Gasteiger partial charge in [0, 0.05) is 13.1 Å². The van der Waals surface area contributed by atoms with E-state index in [0.717, 1.165) is 29.8 Å². The molecule has 2 heterocycles. The second-order valence-corrected chi connectivity index (χ2v) is 9.58. The molecule has 1 N–H and O–H groups in total. The van der Waals surface area contributed by atoms with Crippen molar-refractivity contribution in [3.63, 3.8) is 0 Å². The van der Waals surface area contributed by atoms with Crippen molar-refractivity contribution >= 4 is 46.1 Å². The topological polar surface area (TPSA) is 114 Å². The van der Waals surface area contributed by atoms with Gasteiger partial charge in [-0.3, -0.25) is 19.1 Å². The molecular weight excluding hydrogens is 532 g/mol. The molecule has 1 atom stereocenters. The minimum Gasteiger partial charge on any atom is -0.480 e. The number of carboxylic acids is 1. The number of carbonyl (C=O) groups excluding carboxylic acids is 1. The lowest BCUT2D eigenvalue weighted by Crippen LogP contribution is -2.45. The molecule has 1 aliphatic heterocycles. The number of amides is 1. The number of aliphatic imine (C=N–C) groups is 1. The van der Waals surface area contributed by atoms with Gasteiger partial charge in [0.1, 0.15) is 17.6 Å². The van der Waals surface area contributed by atoms with Crippen molar-refractivity contribution < 1.29 is 32.3 Å². The maximum absolute atomic E-state index is 14.8. The standard InChI is InChI=1S/C21H19ClF4N4O5S/c1-9(2)4-14(18(33)34)29-17(32)8-36-19(29)27-12-6-13(11(23)5-10(12)22)30-16(31)7-15(21(24,25)26)28(3)20(30)35/h5-7,9,14H,4,8H2,1-3H3,(H,33,34)/b27-19-. The van der Waals surface area contributed by atoms with Crippen LogP contribution in [0.5, 0.6) is 0 Å². The Labute approximate surface area is 210 Å². The van der Waals surface area contributed by atoms with Crippen LogP contribution >= 0.6 is 23.4 Å². The van der Waals surface area contributed by atoms with Gasteiger partial charge in [-0.2, -0.15) is 13.2 Å². The van der Waals surface area contributed by atoms with E-state index in [1.54, 1.807) is 13.8 Å². The van der Waals surface area contributed by atoms with Crippen molar-refractivity contribution in [1.82, 2.24) is 14.0 Å². The molecule has 1 fully saturated rings. The van der Waals surface area contributed by atoms with E-state index in [1.165, 1.54) is 0 Å². The average molecular weight is 551 g/mol. The van der Waals surface area contributed by atoms with Crippen LogP contribution in [0, 0.1) is 11.7 Å². The third-order valence-corrected chi connectivity index (χ3v) is 6.41. The molecular formula is C21H19ClF4N4O5S. The fraction of sp³-hybridized carbons (Fsp3) is 0.381. The van der Waals surface area contributed by atoms with Crippen molar-refractivity contribution in [2.75, 3.05) is 5.75 Å². The van der Waals surface area contributed by atoms with E-state index in [9.17, 15) is 41.8 Å². The maximum Gasteiger partial charge on any atom is 0.431 e. The van der Waals surface area contributed by atoms with Crippen LogP contribution in [0.4, 0.5) is 23.2 Å². The van der Waals surface area contributed by atoms with Crippen LogP contribution in [0.15, 0.2) is 32.8 Å². The average Bonchev–Trinajstić information content (AvgIpc) is 3.10. The van der Waals surface area contributed by atoms with Gasteiger partial charge < -0.3 is 5.11 Å². The number of thioether (sulfide) groups is 1. The Morgan fingerprint density at radius 3 is 2.42 bits per heavy atom. The number of rotatable bonds is 6. The Balaban J connectivity index is 2.18. The normalized spacial score (nSPS) is 16.3. The van der Waals surface area contributed by atoms with Crippen LogP contribution in [0.1, 0.15) is 26.0 Å². The predicted molar refractivity (Wildman–Crippen MR) is 125 cm³/mol. The quantitative estimate of drug-likeness (QED) is 0.551. The summed E-state index contributed by atoms with van der Waals surface area (Å²) >= 11 is 6.98. The fourth-order valence-corrected chi connectivity index (χ4v) is 4.65. The summed E-state index contributed by atoms with van der Waals surface area (Å²) < 4.78 is 54.5. The largest absolute Gasteiger partial charge is 0.480 e. The molecule has 1 unspecified atom stereocenters. The van der Waals surface area contributed by atoms with E-state index >= 15 is 0 Å². The zero-order chi connectivity index (χ0) is 27.1. The maximum atomic E-state index is 14.8. The first kappa shape index (κ1) is 27.5. The minimum absolute atomic E-state index is 0.0554. The van der Waals surface area contributed by atoms with Crippen molar-refractivity contribution in [3.05, 3.63) is 55.6 Å². The zero-order valence-electron chi connectivity index (χ0n) is 19.0. The van der Waals surface area contributed by atoms with Crippen LogP contribution in [0.25, 0.3) is 5.69 Å². The van der Waals surface area contributed by atoms with Gasteiger partial charge in [-0.15, -0.1) is 0 Å². The zero-order valence-corrected chi connectivity index (χ0v) is 20.5. The van der Waals surface area contributed by atoms with E-state index in [2.05, 4.69) is 4.99 Å². The van der Waals surface area contributed by atoms with Crippen LogP contribution < -0.4 is 11.2 Å².